The molecule has 0 amide bonds. The van der Waals surface area contributed by atoms with Gasteiger partial charge in [0.1, 0.15) is 12.1 Å². The van der Waals surface area contributed by atoms with Crippen molar-refractivity contribution in [3.63, 3.8) is 0 Å². The van der Waals surface area contributed by atoms with Crippen molar-refractivity contribution in [1.82, 2.24) is 30.6 Å². The Morgan fingerprint density at radius 1 is 1.06 bits per heavy atom. The van der Waals surface area contributed by atoms with E-state index < -0.39 is 5.97 Å². The summed E-state index contributed by atoms with van der Waals surface area (Å²) in [6.07, 6.45) is 3.46. The fourth-order valence-corrected chi connectivity index (χ4v) is 3.58. The molecular formula is C24H25N7O2. The highest BCUT2D eigenvalue weighted by Crippen LogP contribution is 2.30. The minimum Gasteiger partial charge on any atom is -0.464 e. The number of carbonyl (C=O) groups excluding carboxylic acids is 1. The van der Waals surface area contributed by atoms with Crippen LogP contribution in [-0.4, -0.2) is 50.2 Å². The van der Waals surface area contributed by atoms with Gasteiger partial charge < -0.3 is 9.64 Å². The molecule has 1 N–H and O–H groups in total. The monoisotopic (exact) mass is 443 g/mol. The average Bonchev–Trinajstić information content (AvgIpc) is 3.41. The summed E-state index contributed by atoms with van der Waals surface area (Å²) in [4.78, 5) is 22.5. The Kier molecular flexibility index (Phi) is 6.99. The van der Waals surface area contributed by atoms with E-state index in [0.29, 0.717) is 18.2 Å². The molecular weight excluding hydrogens is 418 g/mol. The van der Waals surface area contributed by atoms with Crippen LogP contribution in [-0.2, 0) is 11.3 Å². The van der Waals surface area contributed by atoms with E-state index in [0.717, 1.165) is 41.6 Å². The Balaban J connectivity index is 1.58. The Morgan fingerprint density at radius 2 is 1.85 bits per heavy atom. The fraction of sp³-hybridized carbons (Fsp3) is 0.250. The lowest BCUT2D eigenvalue weighted by atomic mass is 9.98. The second-order valence-electron chi connectivity index (χ2n) is 7.51. The van der Waals surface area contributed by atoms with Crippen molar-refractivity contribution in [2.24, 2.45) is 0 Å². The van der Waals surface area contributed by atoms with Gasteiger partial charge in [-0.2, -0.15) is 5.21 Å². The van der Waals surface area contributed by atoms with Crippen molar-refractivity contribution in [3.05, 3.63) is 72.2 Å². The number of methoxy groups -OCH3 is 1. The van der Waals surface area contributed by atoms with Crippen LogP contribution in [0.5, 0.6) is 0 Å². The van der Waals surface area contributed by atoms with E-state index >= 15 is 0 Å². The zero-order chi connectivity index (χ0) is 23.0. The molecule has 168 valence electrons. The predicted molar refractivity (Wildman–Crippen MR) is 124 cm³/mol. The number of nitrogens with one attached hydrogen (secondary N) is 1. The van der Waals surface area contributed by atoms with E-state index in [1.165, 1.54) is 13.4 Å². The standard InChI is InChI=1S/C24H25N7O2/c1-3-4-13-31(22-14-21(24(32)33-2)25-16-26-22)15-17-9-11-18(12-10-17)19-7-5-6-8-20(19)23-27-29-30-28-23/h5-12,14,16H,3-4,13,15H2,1-2H3,(H,27,28,29,30). The average molecular weight is 444 g/mol. The van der Waals surface area contributed by atoms with Crippen molar-refractivity contribution in [2.45, 2.75) is 26.3 Å². The summed E-state index contributed by atoms with van der Waals surface area (Å²) in [5.74, 6) is 0.787. The number of hydrogen-bond donors (Lipinski definition) is 1. The highest BCUT2D eigenvalue weighted by Gasteiger charge is 2.15. The van der Waals surface area contributed by atoms with E-state index in [1.807, 2.05) is 24.3 Å². The van der Waals surface area contributed by atoms with Crippen molar-refractivity contribution in [2.75, 3.05) is 18.6 Å². The third kappa shape index (κ3) is 5.20. The lowest BCUT2D eigenvalue weighted by Gasteiger charge is -2.24. The van der Waals surface area contributed by atoms with E-state index in [-0.39, 0.29) is 5.69 Å². The topological polar surface area (TPSA) is 110 Å². The van der Waals surface area contributed by atoms with Crippen LogP contribution in [0.3, 0.4) is 0 Å². The van der Waals surface area contributed by atoms with Gasteiger partial charge in [-0.25, -0.2) is 14.8 Å². The molecule has 2 aromatic heterocycles. The first-order valence-electron chi connectivity index (χ1n) is 10.8. The minimum atomic E-state index is -0.473. The Labute approximate surface area is 191 Å². The van der Waals surface area contributed by atoms with Gasteiger partial charge in [0.05, 0.1) is 7.11 Å². The van der Waals surface area contributed by atoms with E-state index in [4.69, 9.17) is 4.74 Å². The highest BCUT2D eigenvalue weighted by molar-refractivity contribution is 5.87. The molecule has 0 aliphatic heterocycles. The van der Waals surface area contributed by atoms with Crippen LogP contribution in [0.15, 0.2) is 60.9 Å². The summed E-state index contributed by atoms with van der Waals surface area (Å²) in [5, 5.41) is 14.4. The Bertz CT molecular complexity index is 1190. The van der Waals surface area contributed by atoms with Crippen LogP contribution in [0, 0.1) is 0 Å². The molecule has 0 bridgehead atoms. The van der Waals surface area contributed by atoms with Gasteiger partial charge in [-0.05, 0) is 28.3 Å². The number of benzene rings is 2. The number of aromatic amines is 1. The molecule has 0 saturated heterocycles. The molecule has 4 aromatic rings. The molecule has 0 aliphatic carbocycles. The van der Waals surface area contributed by atoms with Crippen LogP contribution in [0.1, 0.15) is 35.8 Å². The number of H-pyrrole nitrogens is 1. The molecule has 0 aliphatic rings. The number of ether oxygens (including phenoxy) is 1. The lowest BCUT2D eigenvalue weighted by molar-refractivity contribution is 0.0594. The molecule has 0 radical (unpaired) electrons. The molecule has 0 atom stereocenters. The van der Waals surface area contributed by atoms with Crippen LogP contribution < -0.4 is 4.90 Å². The first kappa shape index (κ1) is 22.1. The van der Waals surface area contributed by atoms with Gasteiger partial charge in [0.2, 0.25) is 5.82 Å². The first-order valence-corrected chi connectivity index (χ1v) is 10.8. The third-order valence-electron chi connectivity index (χ3n) is 5.30. The summed E-state index contributed by atoms with van der Waals surface area (Å²) in [6, 6.07) is 18.0. The van der Waals surface area contributed by atoms with Gasteiger partial charge in [-0.1, -0.05) is 61.9 Å². The number of anilines is 1. The lowest BCUT2D eigenvalue weighted by Crippen LogP contribution is -2.25. The maximum Gasteiger partial charge on any atom is 0.356 e. The number of esters is 1. The van der Waals surface area contributed by atoms with E-state index in [9.17, 15) is 4.79 Å². The quantitative estimate of drug-likeness (QED) is 0.388. The number of rotatable bonds is 9. The molecule has 9 heteroatoms. The number of nitrogens with zero attached hydrogens (tertiary/aromatic N) is 6. The molecule has 0 fully saturated rings. The molecule has 0 unspecified atom stereocenters. The van der Waals surface area contributed by atoms with Crippen molar-refractivity contribution >= 4 is 11.8 Å². The number of aromatic nitrogens is 6. The van der Waals surface area contributed by atoms with Crippen LogP contribution in [0.4, 0.5) is 5.82 Å². The maximum atomic E-state index is 11.9. The molecule has 33 heavy (non-hydrogen) atoms. The predicted octanol–water partition coefficient (Wildman–Crippen LogP) is 3.92. The third-order valence-corrected chi connectivity index (χ3v) is 5.30. The maximum absolute atomic E-state index is 11.9. The smallest absolute Gasteiger partial charge is 0.356 e. The van der Waals surface area contributed by atoms with Gasteiger partial charge in [-0.15, -0.1) is 10.2 Å². The number of unbranched alkanes of at least 4 members (excludes halogenated alkanes) is 1. The molecule has 2 aromatic carbocycles. The second kappa shape index (κ2) is 10.4. The fourth-order valence-electron chi connectivity index (χ4n) is 3.58. The van der Waals surface area contributed by atoms with Gasteiger partial charge in [0.25, 0.3) is 0 Å². The Morgan fingerprint density at radius 3 is 2.55 bits per heavy atom. The highest BCUT2D eigenvalue weighted by atomic mass is 16.5. The van der Waals surface area contributed by atoms with Gasteiger partial charge in [-0.3, -0.25) is 0 Å². The zero-order valence-electron chi connectivity index (χ0n) is 18.6. The van der Waals surface area contributed by atoms with Crippen molar-refractivity contribution in [3.8, 4) is 22.5 Å². The van der Waals surface area contributed by atoms with E-state index in [1.54, 1.807) is 6.07 Å². The van der Waals surface area contributed by atoms with Gasteiger partial charge >= 0.3 is 5.97 Å². The number of hydrogen-bond acceptors (Lipinski definition) is 8. The van der Waals surface area contributed by atoms with Gasteiger partial charge in [0, 0.05) is 24.7 Å². The molecule has 0 saturated carbocycles. The van der Waals surface area contributed by atoms with Crippen molar-refractivity contribution in [1.29, 1.82) is 0 Å². The molecule has 0 spiro atoms. The molecule has 9 nitrogen and oxygen atoms in total. The largest absolute Gasteiger partial charge is 0.464 e. The summed E-state index contributed by atoms with van der Waals surface area (Å²) in [5.41, 5.74) is 4.39. The van der Waals surface area contributed by atoms with Crippen LogP contribution >= 0.6 is 0 Å². The van der Waals surface area contributed by atoms with Crippen LogP contribution in [0.2, 0.25) is 0 Å². The van der Waals surface area contributed by atoms with Gasteiger partial charge in [0.15, 0.2) is 5.69 Å². The SMILES string of the molecule is CCCCN(Cc1ccc(-c2ccccc2-c2nn[nH]n2)cc1)c1cc(C(=O)OC)ncn1. The Hall–Kier alpha value is -4.14. The molecule has 4 rings (SSSR count). The van der Waals surface area contributed by atoms with Crippen molar-refractivity contribution < 1.29 is 9.53 Å². The molecule has 2 heterocycles. The summed E-state index contributed by atoms with van der Waals surface area (Å²) in [6.45, 7) is 3.62. The van der Waals surface area contributed by atoms with Crippen LogP contribution in [0.25, 0.3) is 22.5 Å². The minimum absolute atomic E-state index is 0.248. The summed E-state index contributed by atoms with van der Waals surface area (Å²) < 4.78 is 4.80. The second-order valence-corrected chi connectivity index (χ2v) is 7.51. The first-order chi connectivity index (χ1) is 16.2. The van der Waals surface area contributed by atoms with E-state index in [2.05, 4.69) is 66.7 Å². The summed E-state index contributed by atoms with van der Waals surface area (Å²) in [7, 11) is 1.34. The number of carbonyl (C=O) groups is 1. The number of tetrazole rings is 1. The summed E-state index contributed by atoms with van der Waals surface area (Å²) >= 11 is 0. The normalized spacial score (nSPS) is 10.7. The zero-order valence-corrected chi connectivity index (χ0v) is 18.6.